The van der Waals surface area contributed by atoms with Gasteiger partial charge in [-0.25, -0.2) is 0 Å². The minimum absolute atomic E-state index is 0.208. The molecule has 0 bridgehead atoms. The molecule has 1 N–H and O–H groups in total. The first-order valence-electron chi connectivity index (χ1n) is 4.52. The zero-order valence-corrected chi connectivity index (χ0v) is 8.52. The third-order valence-electron chi connectivity index (χ3n) is 2.06. The number of aryl methyl sites for hydroxylation is 2. The third kappa shape index (κ3) is 1.90. The summed E-state index contributed by atoms with van der Waals surface area (Å²) >= 11 is 0. The Morgan fingerprint density at radius 1 is 1.53 bits per heavy atom. The molecule has 0 atom stereocenters. The van der Waals surface area contributed by atoms with Crippen molar-refractivity contribution < 1.29 is 9.21 Å². The van der Waals surface area contributed by atoms with Crippen molar-refractivity contribution in [2.75, 3.05) is 5.32 Å². The molecule has 2 rings (SSSR count). The molecule has 1 amide bonds. The Bertz CT molecular complexity index is 484. The van der Waals surface area contributed by atoms with Gasteiger partial charge in [0.15, 0.2) is 5.82 Å². The summed E-state index contributed by atoms with van der Waals surface area (Å²) in [6, 6.07) is 3.36. The number of amides is 1. The van der Waals surface area contributed by atoms with E-state index in [0.29, 0.717) is 17.1 Å². The second-order valence-electron chi connectivity index (χ2n) is 3.22. The SMILES string of the molecule is Cc1occc1C(=O)Nc1ccn(C)n1. The first-order valence-corrected chi connectivity index (χ1v) is 4.52. The summed E-state index contributed by atoms with van der Waals surface area (Å²) in [6.07, 6.45) is 3.25. The summed E-state index contributed by atoms with van der Waals surface area (Å²) < 4.78 is 6.66. The molecule has 5 nitrogen and oxygen atoms in total. The van der Waals surface area contributed by atoms with Gasteiger partial charge in [-0.2, -0.15) is 5.10 Å². The molecule has 0 aliphatic rings. The predicted molar refractivity (Wildman–Crippen MR) is 54.6 cm³/mol. The van der Waals surface area contributed by atoms with Crippen LogP contribution >= 0.6 is 0 Å². The van der Waals surface area contributed by atoms with Gasteiger partial charge in [0.2, 0.25) is 0 Å². The van der Waals surface area contributed by atoms with Crippen LogP contribution < -0.4 is 5.32 Å². The van der Waals surface area contributed by atoms with Crippen LogP contribution in [0.4, 0.5) is 5.82 Å². The molecule has 2 aromatic heterocycles. The molecule has 2 heterocycles. The number of nitrogens with one attached hydrogen (secondary N) is 1. The van der Waals surface area contributed by atoms with Gasteiger partial charge in [0, 0.05) is 19.3 Å². The van der Waals surface area contributed by atoms with Crippen molar-refractivity contribution in [2.24, 2.45) is 7.05 Å². The van der Waals surface area contributed by atoms with E-state index in [2.05, 4.69) is 10.4 Å². The maximum absolute atomic E-state index is 11.7. The zero-order chi connectivity index (χ0) is 10.8. The Morgan fingerprint density at radius 3 is 2.87 bits per heavy atom. The van der Waals surface area contributed by atoms with Crippen LogP contribution in [0.25, 0.3) is 0 Å². The molecule has 0 spiro atoms. The maximum atomic E-state index is 11.7. The number of anilines is 1. The van der Waals surface area contributed by atoms with Gasteiger partial charge in [0.05, 0.1) is 11.8 Å². The van der Waals surface area contributed by atoms with Crippen LogP contribution in [-0.2, 0) is 7.05 Å². The van der Waals surface area contributed by atoms with Crippen LogP contribution in [0, 0.1) is 6.92 Å². The Morgan fingerprint density at radius 2 is 2.33 bits per heavy atom. The number of aromatic nitrogens is 2. The first-order chi connectivity index (χ1) is 7.16. The molecule has 0 unspecified atom stereocenters. The largest absolute Gasteiger partial charge is 0.469 e. The van der Waals surface area contributed by atoms with Crippen molar-refractivity contribution in [1.82, 2.24) is 9.78 Å². The summed E-state index contributed by atoms with van der Waals surface area (Å²) in [4.78, 5) is 11.7. The standard InChI is InChI=1S/C10H11N3O2/c1-7-8(4-6-15-7)10(14)11-9-3-5-13(2)12-9/h3-6H,1-2H3,(H,11,12,14). The summed E-state index contributed by atoms with van der Waals surface area (Å²) in [6.45, 7) is 1.74. The van der Waals surface area contributed by atoms with E-state index >= 15 is 0 Å². The van der Waals surface area contributed by atoms with E-state index in [1.807, 2.05) is 0 Å². The molecule has 0 aliphatic carbocycles. The second-order valence-corrected chi connectivity index (χ2v) is 3.22. The normalized spacial score (nSPS) is 10.3. The lowest BCUT2D eigenvalue weighted by Crippen LogP contribution is -2.12. The third-order valence-corrected chi connectivity index (χ3v) is 2.06. The predicted octanol–water partition coefficient (Wildman–Crippen LogP) is 1.57. The molecule has 0 radical (unpaired) electrons. The van der Waals surface area contributed by atoms with Crippen LogP contribution in [0.1, 0.15) is 16.1 Å². The highest BCUT2D eigenvalue weighted by Gasteiger charge is 2.12. The monoisotopic (exact) mass is 205 g/mol. The Hall–Kier alpha value is -2.04. The fourth-order valence-corrected chi connectivity index (χ4v) is 1.29. The topological polar surface area (TPSA) is 60.1 Å². The highest BCUT2D eigenvalue weighted by Crippen LogP contribution is 2.11. The molecule has 78 valence electrons. The van der Waals surface area contributed by atoms with Gasteiger partial charge >= 0.3 is 0 Å². The van der Waals surface area contributed by atoms with E-state index in [4.69, 9.17) is 4.42 Å². The summed E-state index contributed by atoms with van der Waals surface area (Å²) in [5, 5.41) is 6.72. The molecule has 0 aliphatic heterocycles. The number of carbonyl (C=O) groups is 1. The first kappa shape index (κ1) is 9.51. The van der Waals surface area contributed by atoms with Crippen LogP contribution in [0.5, 0.6) is 0 Å². The van der Waals surface area contributed by atoms with E-state index < -0.39 is 0 Å². The van der Waals surface area contributed by atoms with E-state index in [0.717, 1.165) is 0 Å². The molecule has 15 heavy (non-hydrogen) atoms. The van der Waals surface area contributed by atoms with Crippen molar-refractivity contribution in [2.45, 2.75) is 6.92 Å². The van der Waals surface area contributed by atoms with Gasteiger partial charge in [-0.15, -0.1) is 0 Å². The average molecular weight is 205 g/mol. The van der Waals surface area contributed by atoms with Crippen LogP contribution in [0.3, 0.4) is 0 Å². The minimum atomic E-state index is -0.208. The lowest BCUT2D eigenvalue weighted by molar-refractivity contribution is 0.102. The van der Waals surface area contributed by atoms with E-state index in [1.54, 1.807) is 37.0 Å². The van der Waals surface area contributed by atoms with Crippen molar-refractivity contribution >= 4 is 11.7 Å². The number of hydrogen-bond acceptors (Lipinski definition) is 3. The molecule has 0 saturated heterocycles. The highest BCUT2D eigenvalue weighted by atomic mass is 16.3. The minimum Gasteiger partial charge on any atom is -0.469 e. The molecule has 0 aromatic carbocycles. The van der Waals surface area contributed by atoms with Gasteiger partial charge in [-0.1, -0.05) is 0 Å². The number of carbonyl (C=O) groups excluding carboxylic acids is 1. The van der Waals surface area contributed by atoms with E-state index in [1.165, 1.54) is 6.26 Å². The Kier molecular flexibility index (Phi) is 2.29. The van der Waals surface area contributed by atoms with Gasteiger partial charge in [-0.3, -0.25) is 9.48 Å². The Labute approximate surface area is 86.7 Å². The molecule has 2 aromatic rings. The summed E-state index contributed by atoms with van der Waals surface area (Å²) in [7, 11) is 1.79. The summed E-state index contributed by atoms with van der Waals surface area (Å²) in [5.74, 6) is 0.923. The van der Waals surface area contributed by atoms with Crippen LogP contribution in [0.15, 0.2) is 29.0 Å². The van der Waals surface area contributed by atoms with Crippen molar-refractivity contribution in [3.8, 4) is 0 Å². The average Bonchev–Trinajstić information content (AvgIpc) is 2.75. The lowest BCUT2D eigenvalue weighted by atomic mass is 10.2. The van der Waals surface area contributed by atoms with Gasteiger partial charge < -0.3 is 9.73 Å². The molecule has 5 heteroatoms. The smallest absolute Gasteiger partial charge is 0.260 e. The van der Waals surface area contributed by atoms with E-state index in [9.17, 15) is 4.79 Å². The van der Waals surface area contributed by atoms with Gasteiger partial charge in [0.25, 0.3) is 5.91 Å². The maximum Gasteiger partial charge on any atom is 0.260 e. The van der Waals surface area contributed by atoms with Crippen molar-refractivity contribution in [3.05, 3.63) is 35.9 Å². The number of rotatable bonds is 2. The fraction of sp³-hybridized carbons (Fsp3) is 0.200. The van der Waals surface area contributed by atoms with Gasteiger partial charge in [0.1, 0.15) is 5.76 Å². The van der Waals surface area contributed by atoms with Crippen molar-refractivity contribution in [1.29, 1.82) is 0 Å². The zero-order valence-electron chi connectivity index (χ0n) is 8.52. The van der Waals surface area contributed by atoms with Crippen LogP contribution in [-0.4, -0.2) is 15.7 Å². The van der Waals surface area contributed by atoms with E-state index in [-0.39, 0.29) is 5.91 Å². The molecule has 0 saturated carbocycles. The molecular formula is C10H11N3O2. The number of hydrogen-bond donors (Lipinski definition) is 1. The molecular weight excluding hydrogens is 194 g/mol. The summed E-state index contributed by atoms with van der Waals surface area (Å²) in [5.41, 5.74) is 0.528. The quantitative estimate of drug-likeness (QED) is 0.809. The van der Waals surface area contributed by atoms with Gasteiger partial charge in [-0.05, 0) is 13.0 Å². The van der Waals surface area contributed by atoms with Crippen LogP contribution in [0.2, 0.25) is 0 Å². The number of nitrogens with zero attached hydrogens (tertiary/aromatic N) is 2. The second kappa shape index (κ2) is 3.61. The fourth-order valence-electron chi connectivity index (χ4n) is 1.29. The number of furan rings is 1. The van der Waals surface area contributed by atoms with Crippen molar-refractivity contribution in [3.63, 3.8) is 0 Å². The highest BCUT2D eigenvalue weighted by molar-refractivity contribution is 6.04. The molecule has 0 fully saturated rings. The Balaban J connectivity index is 2.14. The lowest BCUT2D eigenvalue weighted by Gasteiger charge is -1.99.